The summed E-state index contributed by atoms with van der Waals surface area (Å²) in [5, 5.41) is 16.3. The second kappa shape index (κ2) is 9.11. The van der Waals surface area contributed by atoms with Crippen LogP contribution in [-0.4, -0.2) is 42.9 Å². The molecule has 2 aromatic carbocycles. The number of ether oxygens (including phenoxy) is 1. The monoisotopic (exact) mass is 432 g/mol. The van der Waals surface area contributed by atoms with Gasteiger partial charge in [-0.05, 0) is 48.1 Å². The van der Waals surface area contributed by atoms with Crippen molar-refractivity contribution in [3.05, 3.63) is 70.5 Å². The minimum absolute atomic E-state index is 0.0371. The molecule has 0 radical (unpaired) electrons. The van der Waals surface area contributed by atoms with Gasteiger partial charge in [0.15, 0.2) is 17.4 Å². The average molecular weight is 432 g/mol. The number of carboxylic acid groups (broad SMARTS) is 1. The molecule has 31 heavy (non-hydrogen) atoms. The Labute approximate surface area is 177 Å². The van der Waals surface area contributed by atoms with Gasteiger partial charge in [-0.15, -0.1) is 0 Å². The van der Waals surface area contributed by atoms with Gasteiger partial charge in [0.25, 0.3) is 0 Å². The van der Waals surface area contributed by atoms with Gasteiger partial charge in [-0.2, -0.15) is 4.39 Å². The molecule has 0 spiro atoms. The number of fused-ring (bicyclic) bond motifs is 2. The van der Waals surface area contributed by atoms with Crippen LogP contribution in [0.5, 0.6) is 5.75 Å². The molecule has 1 fully saturated rings. The SMILES string of the molecule is O=C(O)C1=C(c2ccc(CCCOc3c(F)ccc(F)c3F)cc2)CC2CNC[C@H]1N2. The third-order valence-electron chi connectivity index (χ3n) is 5.69. The first-order valence-electron chi connectivity index (χ1n) is 10.2. The molecule has 2 atom stereocenters. The van der Waals surface area contributed by atoms with Crippen molar-refractivity contribution in [2.24, 2.45) is 0 Å². The number of benzene rings is 2. The molecule has 164 valence electrons. The molecule has 0 aliphatic carbocycles. The highest BCUT2D eigenvalue weighted by atomic mass is 19.2. The molecule has 5 nitrogen and oxygen atoms in total. The number of aliphatic carboxylic acids is 1. The number of carboxylic acids is 1. The van der Waals surface area contributed by atoms with Crippen molar-refractivity contribution in [2.75, 3.05) is 19.7 Å². The van der Waals surface area contributed by atoms with E-state index in [-0.39, 0.29) is 18.7 Å². The maximum Gasteiger partial charge on any atom is 0.333 e. The van der Waals surface area contributed by atoms with Gasteiger partial charge in [0.1, 0.15) is 0 Å². The number of rotatable bonds is 7. The molecule has 2 heterocycles. The van der Waals surface area contributed by atoms with E-state index in [0.29, 0.717) is 31.4 Å². The van der Waals surface area contributed by atoms with Crippen LogP contribution in [0.2, 0.25) is 0 Å². The molecule has 0 aromatic heterocycles. The first-order chi connectivity index (χ1) is 14.9. The molecule has 2 bridgehead atoms. The van der Waals surface area contributed by atoms with E-state index in [4.69, 9.17) is 4.74 Å². The highest BCUT2D eigenvalue weighted by molar-refractivity contribution is 5.98. The Morgan fingerprint density at radius 1 is 1.06 bits per heavy atom. The van der Waals surface area contributed by atoms with E-state index in [2.05, 4.69) is 10.6 Å². The van der Waals surface area contributed by atoms with Gasteiger partial charge in [0, 0.05) is 19.1 Å². The van der Waals surface area contributed by atoms with Crippen LogP contribution in [0.25, 0.3) is 5.57 Å². The molecular formula is C23H23F3N2O3. The number of hydrogen-bond donors (Lipinski definition) is 3. The Hall–Kier alpha value is -2.84. The third kappa shape index (κ3) is 4.60. The van der Waals surface area contributed by atoms with Gasteiger partial charge >= 0.3 is 5.97 Å². The van der Waals surface area contributed by atoms with Crippen LogP contribution < -0.4 is 15.4 Å². The summed E-state index contributed by atoms with van der Waals surface area (Å²) >= 11 is 0. The lowest BCUT2D eigenvalue weighted by Gasteiger charge is -2.38. The smallest absolute Gasteiger partial charge is 0.333 e. The fraction of sp³-hybridized carbons (Fsp3) is 0.348. The fourth-order valence-electron chi connectivity index (χ4n) is 4.20. The second-order valence-corrected chi connectivity index (χ2v) is 7.80. The summed E-state index contributed by atoms with van der Waals surface area (Å²) < 4.78 is 45.5. The van der Waals surface area contributed by atoms with E-state index in [0.717, 1.165) is 35.4 Å². The van der Waals surface area contributed by atoms with E-state index in [1.165, 1.54) is 0 Å². The van der Waals surface area contributed by atoms with Gasteiger partial charge in [-0.1, -0.05) is 24.3 Å². The Kier molecular flexibility index (Phi) is 6.29. The Balaban J connectivity index is 1.40. The zero-order chi connectivity index (χ0) is 22.0. The summed E-state index contributed by atoms with van der Waals surface area (Å²) in [5.74, 6) is -5.02. The maximum absolute atomic E-state index is 13.6. The lowest BCUT2D eigenvalue weighted by Crippen LogP contribution is -2.58. The van der Waals surface area contributed by atoms with Gasteiger partial charge in [-0.3, -0.25) is 0 Å². The molecule has 2 aliphatic rings. The first kappa shape index (κ1) is 21.4. The zero-order valence-corrected chi connectivity index (χ0v) is 16.8. The number of piperazine rings is 1. The van der Waals surface area contributed by atoms with Crippen LogP contribution >= 0.6 is 0 Å². The normalized spacial score (nSPS) is 20.6. The van der Waals surface area contributed by atoms with Crippen LogP contribution in [-0.2, 0) is 11.2 Å². The lowest BCUT2D eigenvalue weighted by molar-refractivity contribution is -0.133. The Morgan fingerprint density at radius 3 is 2.55 bits per heavy atom. The molecule has 2 aliphatic heterocycles. The minimum atomic E-state index is -1.33. The average Bonchev–Trinajstić information content (AvgIpc) is 2.76. The lowest BCUT2D eigenvalue weighted by atomic mass is 9.84. The highest BCUT2D eigenvalue weighted by Gasteiger charge is 2.35. The van der Waals surface area contributed by atoms with E-state index in [9.17, 15) is 23.1 Å². The standard InChI is InChI=1S/C23H23F3N2O3/c24-17-7-8-18(25)22(21(17)26)31-9-1-2-13-3-5-14(6-4-13)16-10-15-11-27-12-19(28-15)20(16)23(29)30/h3-8,15,19,27-28H,1-2,9-12H2,(H,29,30)/t15?,19-/m1/s1. The van der Waals surface area contributed by atoms with E-state index >= 15 is 0 Å². The maximum atomic E-state index is 13.6. The van der Waals surface area contributed by atoms with Crippen LogP contribution in [0.15, 0.2) is 42.0 Å². The van der Waals surface area contributed by atoms with Crippen LogP contribution in [0, 0.1) is 17.5 Å². The summed E-state index contributed by atoms with van der Waals surface area (Å²) in [6.07, 6.45) is 1.72. The molecular weight excluding hydrogens is 409 g/mol. The number of aryl methyl sites for hydroxylation is 1. The predicted octanol–water partition coefficient (Wildman–Crippen LogP) is 3.29. The molecule has 1 unspecified atom stereocenters. The molecule has 2 aromatic rings. The van der Waals surface area contributed by atoms with Crippen molar-refractivity contribution < 1.29 is 27.8 Å². The molecule has 4 rings (SSSR count). The van der Waals surface area contributed by atoms with Crippen molar-refractivity contribution in [1.29, 1.82) is 0 Å². The largest absolute Gasteiger partial charge is 0.488 e. The third-order valence-corrected chi connectivity index (χ3v) is 5.69. The summed E-state index contributed by atoms with van der Waals surface area (Å²) in [5.41, 5.74) is 3.14. The van der Waals surface area contributed by atoms with Crippen LogP contribution in [0.4, 0.5) is 13.2 Å². The summed E-state index contributed by atoms with van der Waals surface area (Å²) in [6, 6.07) is 9.21. The predicted molar refractivity (Wildman–Crippen MR) is 109 cm³/mol. The quantitative estimate of drug-likeness (QED) is 0.463. The van der Waals surface area contributed by atoms with Crippen molar-refractivity contribution in [3.63, 3.8) is 0 Å². The van der Waals surface area contributed by atoms with Gasteiger partial charge in [-0.25, -0.2) is 13.6 Å². The van der Waals surface area contributed by atoms with E-state index < -0.39 is 29.2 Å². The topological polar surface area (TPSA) is 70.6 Å². The fourth-order valence-corrected chi connectivity index (χ4v) is 4.20. The highest BCUT2D eigenvalue weighted by Crippen LogP contribution is 2.31. The van der Waals surface area contributed by atoms with Crippen LogP contribution in [0.3, 0.4) is 0 Å². The number of nitrogens with one attached hydrogen (secondary N) is 2. The number of carbonyl (C=O) groups is 1. The number of halogens is 3. The summed E-state index contributed by atoms with van der Waals surface area (Å²) in [6.45, 7) is 1.43. The second-order valence-electron chi connectivity index (χ2n) is 7.80. The minimum Gasteiger partial charge on any atom is -0.488 e. The molecule has 3 N–H and O–H groups in total. The van der Waals surface area contributed by atoms with Crippen LogP contribution in [0.1, 0.15) is 24.0 Å². The number of hydrogen-bond acceptors (Lipinski definition) is 4. The van der Waals surface area contributed by atoms with E-state index in [1.54, 1.807) is 0 Å². The zero-order valence-electron chi connectivity index (χ0n) is 16.8. The molecule has 0 saturated carbocycles. The van der Waals surface area contributed by atoms with Crippen molar-refractivity contribution in [3.8, 4) is 5.75 Å². The molecule has 1 saturated heterocycles. The molecule has 8 heteroatoms. The molecule has 0 amide bonds. The van der Waals surface area contributed by atoms with Gasteiger partial charge in [0.2, 0.25) is 5.82 Å². The summed E-state index contributed by atoms with van der Waals surface area (Å²) in [7, 11) is 0. The van der Waals surface area contributed by atoms with E-state index in [1.807, 2.05) is 24.3 Å². The Bertz CT molecular complexity index is 1010. The van der Waals surface area contributed by atoms with Gasteiger partial charge in [0.05, 0.1) is 18.2 Å². The van der Waals surface area contributed by atoms with Crippen molar-refractivity contribution in [2.45, 2.75) is 31.3 Å². The van der Waals surface area contributed by atoms with Crippen molar-refractivity contribution in [1.82, 2.24) is 10.6 Å². The van der Waals surface area contributed by atoms with Gasteiger partial charge < -0.3 is 20.5 Å². The first-order valence-corrected chi connectivity index (χ1v) is 10.2. The Morgan fingerprint density at radius 2 is 1.81 bits per heavy atom. The summed E-state index contributed by atoms with van der Waals surface area (Å²) in [4.78, 5) is 11.8. The van der Waals surface area contributed by atoms with Crippen molar-refractivity contribution >= 4 is 11.5 Å².